The molecule has 1 fully saturated rings. The third-order valence-electron chi connectivity index (χ3n) is 2.21. The minimum atomic E-state index is -0.168. The lowest BCUT2D eigenvalue weighted by Crippen LogP contribution is -2.33. The van der Waals surface area contributed by atoms with Gasteiger partial charge < -0.3 is 11.1 Å². The number of carbonyl (C=O) groups is 2. The zero-order valence-electron chi connectivity index (χ0n) is 9.01. The number of thiazole rings is 1. The molecule has 0 aliphatic carbocycles. The highest BCUT2D eigenvalue weighted by atomic mass is 32.2. The zero-order valence-corrected chi connectivity index (χ0v) is 10.6. The third-order valence-corrected chi connectivity index (χ3v) is 3.92. The number of thioether (sulfide) groups is 1. The van der Waals surface area contributed by atoms with Crippen LogP contribution in [0.5, 0.6) is 0 Å². The van der Waals surface area contributed by atoms with Gasteiger partial charge in [-0.1, -0.05) is 11.8 Å². The number of nitrogens with zero attached hydrogens (tertiary/aromatic N) is 2. The van der Waals surface area contributed by atoms with Crippen molar-refractivity contribution in [3.05, 3.63) is 11.1 Å². The maximum absolute atomic E-state index is 11.3. The van der Waals surface area contributed by atoms with Crippen LogP contribution in [0.1, 0.15) is 5.69 Å². The fourth-order valence-electron chi connectivity index (χ4n) is 1.35. The smallest absolute Gasteiger partial charge is 0.288 e. The number of nitrogens with one attached hydrogen (secondary N) is 1. The summed E-state index contributed by atoms with van der Waals surface area (Å²) < 4.78 is 0. The molecular formula is C9H12N4O2S2. The molecule has 3 N–H and O–H groups in total. The molecule has 0 saturated carbocycles. The van der Waals surface area contributed by atoms with Crippen LogP contribution in [-0.2, 0) is 11.3 Å². The molecule has 1 aromatic rings. The van der Waals surface area contributed by atoms with Gasteiger partial charge in [0.2, 0.25) is 5.91 Å². The standard InChI is InChI=1S/C9H12N4O2S2/c10-3-6-4-16-8(12-6)11-1-2-13-7(14)5-17-9(13)15/h4H,1-3,5,10H2,(H,11,12). The summed E-state index contributed by atoms with van der Waals surface area (Å²) in [4.78, 5) is 28.1. The van der Waals surface area contributed by atoms with Crippen LogP contribution in [0.15, 0.2) is 5.38 Å². The first-order chi connectivity index (χ1) is 8.20. The Morgan fingerprint density at radius 2 is 2.35 bits per heavy atom. The summed E-state index contributed by atoms with van der Waals surface area (Å²) in [5.74, 6) is 0.136. The maximum atomic E-state index is 11.3. The van der Waals surface area contributed by atoms with Crippen LogP contribution >= 0.6 is 23.1 Å². The number of aromatic nitrogens is 1. The molecule has 1 aliphatic rings. The largest absolute Gasteiger partial charge is 0.360 e. The summed E-state index contributed by atoms with van der Waals surface area (Å²) in [5, 5.41) is 5.54. The summed E-state index contributed by atoms with van der Waals surface area (Å²) in [7, 11) is 0. The highest BCUT2D eigenvalue weighted by molar-refractivity contribution is 8.14. The third kappa shape index (κ3) is 2.96. The van der Waals surface area contributed by atoms with Crippen molar-refractivity contribution in [2.75, 3.05) is 24.2 Å². The molecule has 92 valence electrons. The molecule has 0 spiro atoms. The first-order valence-electron chi connectivity index (χ1n) is 5.06. The predicted octanol–water partition coefficient (Wildman–Crippen LogP) is 0.709. The van der Waals surface area contributed by atoms with Crippen molar-refractivity contribution in [1.82, 2.24) is 9.88 Å². The molecule has 0 bridgehead atoms. The number of nitrogens with two attached hydrogens (primary N) is 1. The van der Waals surface area contributed by atoms with E-state index in [2.05, 4.69) is 10.3 Å². The highest BCUT2D eigenvalue weighted by Gasteiger charge is 2.29. The summed E-state index contributed by atoms with van der Waals surface area (Å²) in [6.45, 7) is 1.30. The van der Waals surface area contributed by atoms with Crippen molar-refractivity contribution >= 4 is 39.4 Å². The monoisotopic (exact) mass is 272 g/mol. The van der Waals surface area contributed by atoms with Crippen molar-refractivity contribution in [2.45, 2.75) is 6.54 Å². The molecule has 0 radical (unpaired) electrons. The van der Waals surface area contributed by atoms with Gasteiger partial charge in [-0.3, -0.25) is 14.5 Å². The van der Waals surface area contributed by atoms with Gasteiger partial charge in [0.1, 0.15) is 0 Å². The molecular weight excluding hydrogens is 260 g/mol. The number of rotatable bonds is 5. The van der Waals surface area contributed by atoms with Crippen LogP contribution in [0.4, 0.5) is 9.93 Å². The van der Waals surface area contributed by atoms with Crippen molar-refractivity contribution in [1.29, 1.82) is 0 Å². The van der Waals surface area contributed by atoms with E-state index < -0.39 is 0 Å². The number of imide groups is 1. The fraction of sp³-hybridized carbons (Fsp3) is 0.444. The SMILES string of the molecule is NCc1csc(NCCN2C(=O)CSC2=O)n1. The van der Waals surface area contributed by atoms with Crippen LogP contribution in [0.3, 0.4) is 0 Å². The van der Waals surface area contributed by atoms with E-state index in [1.165, 1.54) is 16.2 Å². The molecule has 6 nitrogen and oxygen atoms in total. The van der Waals surface area contributed by atoms with Gasteiger partial charge in [0.25, 0.3) is 5.24 Å². The first kappa shape index (κ1) is 12.3. The van der Waals surface area contributed by atoms with E-state index in [0.29, 0.717) is 19.6 Å². The van der Waals surface area contributed by atoms with Crippen LogP contribution in [0, 0.1) is 0 Å². The molecule has 17 heavy (non-hydrogen) atoms. The quantitative estimate of drug-likeness (QED) is 0.820. The Hall–Kier alpha value is -1.12. The van der Waals surface area contributed by atoms with E-state index in [1.54, 1.807) is 0 Å². The van der Waals surface area contributed by atoms with Gasteiger partial charge in [-0.25, -0.2) is 4.98 Å². The molecule has 0 unspecified atom stereocenters. The van der Waals surface area contributed by atoms with Crippen molar-refractivity contribution < 1.29 is 9.59 Å². The summed E-state index contributed by atoms with van der Waals surface area (Å²) in [6.07, 6.45) is 0. The Morgan fingerprint density at radius 3 is 2.94 bits per heavy atom. The van der Waals surface area contributed by atoms with E-state index in [9.17, 15) is 9.59 Å². The molecule has 2 rings (SSSR count). The Morgan fingerprint density at radius 1 is 1.53 bits per heavy atom. The van der Waals surface area contributed by atoms with Crippen LogP contribution in [0.25, 0.3) is 0 Å². The number of hydrogen-bond donors (Lipinski definition) is 2. The Labute approximate surface area is 107 Å². The lowest BCUT2D eigenvalue weighted by atomic mass is 10.5. The van der Waals surface area contributed by atoms with Gasteiger partial charge in [-0.2, -0.15) is 0 Å². The fourth-order valence-corrected chi connectivity index (χ4v) is 2.86. The number of hydrogen-bond acceptors (Lipinski definition) is 7. The molecule has 1 aliphatic heterocycles. The number of anilines is 1. The first-order valence-corrected chi connectivity index (χ1v) is 6.92. The van der Waals surface area contributed by atoms with E-state index in [1.807, 2.05) is 5.38 Å². The van der Waals surface area contributed by atoms with E-state index in [4.69, 9.17) is 5.73 Å². The average molecular weight is 272 g/mol. The van der Waals surface area contributed by atoms with Crippen LogP contribution < -0.4 is 11.1 Å². The van der Waals surface area contributed by atoms with E-state index >= 15 is 0 Å². The van der Waals surface area contributed by atoms with Crippen LogP contribution in [0.2, 0.25) is 0 Å². The van der Waals surface area contributed by atoms with E-state index in [-0.39, 0.29) is 16.9 Å². The Bertz CT molecular complexity index is 418. The normalized spacial score (nSPS) is 15.7. The lowest BCUT2D eigenvalue weighted by molar-refractivity contribution is -0.124. The minimum Gasteiger partial charge on any atom is -0.360 e. The summed E-state index contributed by atoms with van der Waals surface area (Å²) in [6, 6.07) is 0. The predicted molar refractivity (Wildman–Crippen MR) is 68.1 cm³/mol. The summed E-state index contributed by atoms with van der Waals surface area (Å²) >= 11 is 2.51. The number of carbonyl (C=O) groups excluding carboxylic acids is 2. The average Bonchev–Trinajstić information content (AvgIpc) is 2.90. The van der Waals surface area contributed by atoms with Crippen LogP contribution in [-0.4, -0.2) is 39.9 Å². The second-order valence-corrected chi connectivity index (χ2v) is 5.16. The molecule has 2 heterocycles. The topological polar surface area (TPSA) is 88.3 Å². The van der Waals surface area contributed by atoms with Gasteiger partial charge in [-0.15, -0.1) is 11.3 Å². The molecule has 8 heteroatoms. The van der Waals surface area contributed by atoms with Gasteiger partial charge >= 0.3 is 0 Å². The lowest BCUT2D eigenvalue weighted by Gasteiger charge is -2.12. The zero-order chi connectivity index (χ0) is 12.3. The second kappa shape index (κ2) is 5.48. The molecule has 0 aromatic carbocycles. The van der Waals surface area contributed by atoms with E-state index in [0.717, 1.165) is 22.6 Å². The minimum absolute atomic E-state index is 0.122. The van der Waals surface area contributed by atoms with Crippen molar-refractivity contribution in [3.8, 4) is 0 Å². The number of amides is 2. The second-order valence-electron chi connectivity index (χ2n) is 3.37. The molecule has 2 amide bonds. The highest BCUT2D eigenvalue weighted by Crippen LogP contribution is 2.18. The Balaban J connectivity index is 1.79. The molecule has 1 aromatic heterocycles. The van der Waals surface area contributed by atoms with Crippen molar-refractivity contribution in [3.63, 3.8) is 0 Å². The Kier molecular flexibility index (Phi) is 3.97. The maximum Gasteiger partial charge on any atom is 0.288 e. The van der Waals surface area contributed by atoms with Gasteiger partial charge in [-0.05, 0) is 0 Å². The molecule has 0 atom stereocenters. The van der Waals surface area contributed by atoms with Gasteiger partial charge in [0, 0.05) is 25.0 Å². The van der Waals surface area contributed by atoms with Gasteiger partial charge in [0.15, 0.2) is 5.13 Å². The summed E-state index contributed by atoms with van der Waals surface area (Å²) in [5.41, 5.74) is 6.28. The van der Waals surface area contributed by atoms with Gasteiger partial charge in [0.05, 0.1) is 11.4 Å². The molecule has 1 saturated heterocycles. The van der Waals surface area contributed by atoms with Crippen molar-refractivity contribution in [2.24, 2.45) is 5.73 Å².